The molecule has 1 aromatic rings. The lowest BCUT2D eigenvalue weighted by molar-refractivity contribution is 0.186. The molecule has 0 spiro atoms. The maximum absolute atomic E-state index is 3.68. The van der Waals surface area contributed by atoms with Gasteiger partial charge in [-0.3, -0.25) is 4.90 Å². The second-order valence-corrected chi connectivity index (χ2v) is 7.20. The maximum atomic E-state index is 3.68. The van der Waals surface area contributed by atoms with E-state index in [2.05, 4.69) is 48.3 Å². The van der Waals surface area contributed by atoms with Crippen LogP contribution in [0.4, 0.5) is 0 Å². The van der Waals surface area contributed by atoms with E-state index in [9.17, 15) is 0 Å². The Bertz CT molecular complexity index is 427. The van der Waals surface area contributed by atoms with Crippen molar-refractivity contribution in [2.24, 2.45) is 5.92 Å². The number of benzene rings is 1. The van der Waals surface area contributed by atoms with Gasteiger partial charge in [0.15, 0.2) is 0 Å². The monoisotopic (exact) mass is 286 g/mol. The summed E-state index contributed by atoms with van der Waals surface area (Å²) < 4.78 is 0. The molecule has 116 valence electrons. The molecule has 1 saturated carbocycles. The molecule has 3 rings (SSSR count). The van der Waals surface area contributed by atoms with Gasteiger partial charge in [-0.15, -0.1) is 0 Å². The Labute approximate surface area is 129 Å². The molecule has 0 bridgehead atoms. The fourth-order valence-corrected chi connectivity index (χ4v) is 3.55. The molecule has 2 nitrogen and oxygen atoms in total. The highest BCUT2D eigenvalue weighted by atomic mass is 15.2. The van der Waals surface area contributed by atoms with Crippen LogP contribution in [0.3, 0.4) is 0 Å². The van der Waals surface area contributed by atoms with E-state index in [0.29, 0.717) is 6.04 Å². The van der Waals surface area contributed by atoms with Crippen LogP contribution in [0.2, 0.25) is 0 Å². The highest BCUT2D eigenvalue weighted by Crippen LogP contribution is 2.39. The quantitative estimate of drug-likeness (QED) is 0.821. The number of nitrogens with one attached hydrogen (secondary N) is 1. The normalized spacial score (nSPS) is 21.1. The minimum Gasteiger partial charge on any atom is -0.311 e. The van der Waals surface area contributed by atoms with Gasteiger partial charge in [0.2, 0.25) is 0 Å². The molecule has 2 aliphatic rings. The summed E-state index contributed by atoms with van der Waals surface area (Å²) in [6, 6.07) is 9.96. The zero-order valence-corrected chi connectivity index (χ0v) is 13.6. The van der Waals surface area contributed by atoms with Crippen molar-refractivity contribution >= 4 is 0 Å². The number of likely N-dealkylation sites (tertiary alicyclic amines) is 1. The molecule has 2 fully saturated rings. The molecule has 1 N–H and O–H groups in total. The summed E-state index contributed by atoms with van der Waals surface area (Å²) in [6.45, 7) is 9.41. The predicted octanol–water partition coefficient (Wildman–Crippen LogP) is 3.77. The van der Waals surface area contributed by atoms with Gasteiger partial charge in [-0.05, 0) is 61.7 Å². The first-order chi connectivity index (χ1) is 10.2. The molecule has 1 saturated heterocycles. The van der Waals surface area contributed by atoms with Gasteiger partial charge in [-0.25, -0.2) is 0 Å². The Morgan fingerprint density at radius 3 is 2.33 bits per heavy atom. The van der Waals surface area contributed by atoms with Gasteiger partial charge in [0.05, 0.1) is 0 Å². The Morgan fingerprint density at radius 1 is 1.10 bits per heavy atom. The van der Waals surface area contributed by atoms with E-state index in [1.807, 2.05) is 0 Å². The predicted molar refractivity (Wildman–Crippen MR) is 89.6 cm³/mol. The van der Waals surface area contributed by atoms with Crippen LogP contribution in [0, 0.1) is 5.92 Å². The third-order valence-corrected chi connectivity index (χ3v) is 5.09. The van der Waals surface area contributed by atoms with Gasteiger partial charge in [0, 0.05) is 19.1 Å². The molecule has 0 aromatic heterocycles. The van der Waals surface area contributed by atoms with Crippen molar-refractivity contribution in [3.05, 3.63) is 35.4 Å². The lowest BCUT2D eigenvalue weighted by Gasteiger charge is -2.31. The van der Waals surface area contributed by atoms with Gasteiger partial charge in [0.25, 0.3) is 0 Å². The van der Waals surface area contributed by atoms with Crippen molar-refractivity contribution in [2.45, 2.75) is 58.0 Å². The van der Waals surface area contributed by atoms with E-state index in [4.69, 9.17) is 0 Å². The molecule has 1 unspecified atom stereocenters. The highest BCUT2D eigenvalue weighted by Gasteiger charge is 2.24. The topological polar surface area (TPSA) is 15.3 Å². The summed E-state index contributed by atoms with van der Waals surface area (Å²) in [5, 5.41) is 3.68. The van der Waals surface area contributed by atoms with Gasteiger partial charge in [0.1, 0.15) is 0 Å². The molecule has 1 atom stereocenters. The van der Waals surface area contributed by atoms with Crippen LogP contribution in [-0.4, -0.2) is 30.6 Å². The minimum atomic E-state index is 0.693. The number of hydrogen-bond acceptors (Lipinski definition) is 2. The molecule has 1 aromatic carbocycles. The first kappa shape index (κ1) is 15.1. The SMILES string of the molecule is CC(C)C(CNCc1ccc(C2CC2)cc1)N1CCCC1. The zero-order valence-electron chi connectivity index (χ0n) is 13.6. The molecule has 2 heteroatoms. The summed E-state index contributed by atoms with van der Waals surface area (Å²) >= 11 is 0. The Kier molecular flexibility index (Phi) is 4.97. The minimum absolute atomic E-state index is 0.693. The third kappa shape index (κ3) is 4.08. The van der Waals surface area contributed by atoms with Crippen molar-refractivity contribution in [3.8, 4) is 0 Å². The first-order valence-corrected chi connectivity index (χ1v) is 8.77. The van der Waals surface area contributed by atoms with Crippen LogP contribution in [0.5, 0.6) is 0 Å². The Morgan fingerprint density at radius 2 is 1.76 bits per heavy atom. The van der Waals surface area contributed by atoms with E-state index in [-0.39, 0.29) is 0 Å². The zero-order chi connectivity index (χ0) is 14.7. The third-order valence-electron chi connectivity index (χ3n) is 5.09. The average molecular weight is 286 g/mol. The van der Waals surface area contributed by atoms with Gasteiger partial charge < -0.3 is 5.32 Å². The van der Waals surface area contributed by atoms with Gasteiger partial charge in [-0.1, -0.05) is 38.1 Å². The maximum Gasteiger partial charge on any atom is 0.0243 e. The van der Waals surface area contributed by atoms with E-state index >= 15 is 0 Å². The number of nitrogens with zero attached hydrogens (tertiary/aromatic N) is 1. The van der Waals surface area contributed by atoms with Crippen LogP contribution >= 0.6 is 0 Å². The molecule has 1 aliphatic heterocycles. The molecular formula is C19H30N2. The Balaban J connectivity index is 1.47. The van der Waals surface area contributed by atoms with Crippen LogP contribution in [0.15, 0.2) is 24.3 Å². The van der Waals surface area contributed by atoms with Crippen LogP contribution in [0.25, 0.3) is 0 Å². The van der Waals surface area contributed by atoms with Gasteiger partial charge in [-0.2, -0.15) is 0 Å². The molecule has 0 amide bonds. The Hall–Kier alpha value is -0.860. The molecule has 0 radical (unpaired) electrons. The van der Waals surface area contributed by atoms with Crippen molar-refractivity contribution < 1.29 is 0 Å². The van der Waals surface area contributed by atoms with Crippen molar-refractivity contribution in [1.82, 2.24) is 10.2 Å². The fraction of sp³-hybridized carbons (Fsp3) is 0.684. The van der Waals surface area contributed by atoms with Crippen molar-refractivity contribution in [3.63, 3.8) is 0 Å². The summed E-state index contributed by atoms with van der Waals surface area (Å²) in [5.74, 6) is 1.60. The fourth-order valence-electron chi connectivity index (χ4n) is 3.55. The lowest BCUT2D eigenvalue weighted by Crippen LogP contribution is -2.44. The number of hydrogen-bond donors (Lipinski definition) is 1. The van der Waals surface area contributed by atoms with E-state index in [0.717, 1.165) is 24.9 Å². The lowest BCUT2D eigenvalue weighted by atomic mass is 10.0. The summed E-state index contributed by atoms with van der Waals surface area (Å²) in [7, 11) is 0. The standard InChI is InChI=1S/C19H30N2/c1-15(2)19(21-11-3-4-12-21)14-20-13-16-5-7-17(8-6-16)18-9-10-18/h5-8,15,18-20H,3-4,9-14H2,1-2H3. The van der Waals surface area contributed by atoms with Crippen molar-refractivity contribution in [1.29, 1.82) is 0 Å². The molecule has 1 aliphatic carbocycles. The first-order valence-electron chi connectivity index (χ1n) is 8.77. The van der Waals surface area contributed by atoms with E-state index < -0.39 is 0 Å². The second-order valence-electron chi connectivity index (χ2n) is 7.20. The molecular weight excluding hydrogens is 256 g/mol. The van der Waals surface area contributed by atoms with E-state index in [1.54, 1.807) is 0 Å². The second kappa shape index (κ2) is 6.93. The summed E-state index contributed by atoms with van der Waals surface area (Å²) in [5.41, 5.74) is 2.96. The van der Waals surface area contributed by atoms with Crippen LogP contribution in [-0.2, 0) is 6.54 Å². The average Bonchev–Trinajstić information content (AvgIpc) is 3.20. The smallest absolute Gasteiger partial charge is 0.0243 e. The van der Waals surface area contributed by atoms with E-state index in [1.165, 1.54) is 49.9 Å². The van der Waals surface area contributed by atoms with Crippen LogP contribution in [0.1, 0.15) is 56.6 Å². The molecule has 1 heterocycles. The van der Waals surface area contributed by atoms with Crippen molar-refractivity contribution in [2.75, 3.05) is 19.6 Å². The highest BCUT2D eigenvalue weighted by molar-refractivity contribution is 5.27. The summed E-state index contributed by atoms with van der Waals surface area (Å²) in [6.07, 6.45) is 5.55. The van der Waals surface area contributed by atoms with Gasteiger partial charge >= 0.3 is 0 Å². The summed E-state index contributed by atoms with van der Waals surface area (Å²) in [4.78, 5) is 2.67. The number of rotatable bonds is 7. The van der Waals surface area contributed by atoms with Crippen LogP contribution < -0.4 is 5.32 Å². The largest absolute Gasteiger partial charge is 0.311 e. The molecule has 21 heavy (non-hydrogen) atoms.